The summed E-state index contributed by atoms with van der Waals surface area (Å²) in [6, 6.07) is 0. The molecule has 1 heterocycles. The molecule has 0 saturated carbocycles. The maximum atomic E-state index is 12.7. The molecule has 0 spiro atoms. The third kappa shape index (κ3) is 34.9. The van der Waals surface area contributed by atoms with E-state index < -0.39 is 66.2 Å². The Bertz CT molecular complexity index is 1280. The lowest BCUT2D eigenvalue weighted by molar-refractivity contribution is -0.161. The van der Waals surface area contributed by atoms with E-state index in [2.05, 4.69) is 71.5 Å². The zero-order valence-electron chi connectivity index (χ0n) is 35.1. The van der Waals surface area contributed by atoms with Gasteiger partial charge in [0.05, 0.1) is 32.0 Å². The van der Waals surface area contributed by atoms with Crippen molar-refractivity contribution in [2.24, 2.45) is 0 Å². The monoisotopic (exact) mass is 864 g/mol. The van der Waals surface area contributed by atoms with Crippen LogP contribution in [-0.4, -0.2) is 82.6 Å². The summed E-state index contributed by atoms with van der Waals surface area (Å²) in [6.45, 7) is 1.57. The number of rotatable bonds is 39. The summed E-state index contributed by atoms with van der Waals surface area (Å²) < 4.78 is 53.5. The first-order chi connectivity index (χ1) is 27.8. The summed E-state index contributed by atoms with van der Waals surface area (Å²) in [6.07, 6.45) is 35.6. The molecule has 0 amide bonds. The van der Waals surface area contributed by atoms with Gasteiger partial charge in [0.15, 0.2) is 6.10 Å². The van der Waals surface area contributed by atoms with E-state index in [0.717, 1.165) is 96.3 Å². The molecule has 58 heavy (non-hydrogen) atoms. The molecule has 0 aromatic heterocycles. The van der Waals surface area contributed by atoms with Gasteiger partial charge in [0, 0.05) is 12.8 Å². The van der Waals surface area contributed by atoms with Gasteiger partial charge in [0.1, 0.15) is 12.7 Å². The summed E-state index contributed by atoms with van der Waals surface area (Å²) in [7, 11) is -9.69. The summed E-state index contributed by atoms with van der Waals surface area (Å²) in [5.41, 5.74) is 0. The molecule has 336 valence electrons. The molecule has 0 radical (unpaired) electrons. The first kappa shape index (κ1) is 54.1. The fraction of sp³-hybridized carbons (Fsp3) is 0.762. The number of phosphoric acid groups is 2. The number of esters is 2. The number of hydrogen-bond donors (Lipinski definition) is 4. The summed E-state index contributed by atoms with van der Waals surface area (Å²) in [5.74, 6) is -1.08. The van der Waals surface area contributed by atoms with Crippen molar-refractivity contribution in [1.29, 1.82) is 0 Å². The lowest BCUT2D eigenvalue weighted by Gasteiger charge is -2.20. The van der Waals surface area contributed by atoms with Crippen LogP contribution < -0.4 is 0 Å². The maximum Gasteiger partial charge on any atom is 0.472 e. The number of aliphatic hydroxyl groups is 1. The Kier molecular flexibility index (Phi) is 32.4. The third-order valence-electron chi connectivity index (χ3n) is 9.12. The number of phosphoric ester groups is 2. The lowest BCUT2D eigenvalue weighted by Crippen LogP contribution is -2.30. The van der Waals surface area contributed by atoms with E-state index in [1.807, 2.05) is 0 Å². The number of carbonyl (C=O) groups is 2. The molecule has 16 heteroatoms. The Morgan fingerprint density at radius 3 is 1.81 bits per heavy atom. The van der Waals surface area contributed by atoms with Gasteiger partial charge in [-0.15, -0.1) is 0 Å². The molecule has 1 rings (SSSR count). The highest BCUT2D eigenvalue weighted by Crippen LogP contribution is 2.44. The second kappa shape index (κ2) is 34.7. The average molecular weight is 865 g/mol. The van der Waals surface area contributed by atoms with E-state index in [0.29, 0.717) is 25.0 Å². The van der Waals surface area contributed by atoms with Gasteiger partial charge in [0.2, 0.25) is 0 Å². The van der Waals surface area contributed by atoms with Crippen LogP contribution in [0, 0.1) is 0 Å². The van der Waals surface area contributed by atoms with Gasteiger partial charge in [-0.1, -0.05) is 120 Å². The molecule has 4 N–H and O–H groups in total. The van der Waals surface area contributed by atoms with Gasteiger partial charge in [-0.2, -0.15) is 0 Å². The molecule has 0 bridgehead atoms. The molecule has 0 aromatic rings. The predicted molar refractivity (Wildman–Crippen MR) is 225 cm³/mol. The minimum absolute atomic E-state index is 0.105. The summed E-state index contributed by atoms with van der Waals surface area (Å²) in [5, 5.41) is 9.74. The van der Waals surface area contributed by atoms with Gasteiger partial charge >= 0.3 is 27.6 Å². The van der Waals surface area contributed by atoms with Crippen LogP contribution in [-0.2, 0) is 46.5 Å². The van der Waals surface area contributed by atoms with Crippen LogP contribution in [0.5, 0.6) is 0 Å². The molecule has 5 atom stereocenters. The highest BCUT2D eigenvalue weighted by Gasteiger charge is 2.36. The molecular weight excluding hydrogens is 790 g/mol. The third-order valence-corrected chi connectivity index (χ3v) is 10.6. The predicted octanol–water partition coefficient (Wildman–Crippen LogP) is 9.66. The zero-order chi connectivity index (χ0) is 42.7. The largest absolute Gasteiger partial charge is 0.472 e. The number of hydrogen-bond acceptors (Lipinski definition) is 11. The van der Waals surface area contributed by atoms with Crippen LogP contribution in [0.4, 0.5) is 0 Å². The van der Waals surface area contributed by atoms with Gasteiger partial charge < -0.3 is 34.0 Å². The van der Waals surface area contributed by atoms with Gasteiger partial charge in [-0.3, -0.25) is 23.2 Å². The van der Waals surface area contributed by atoms with Crippen molar-refractivity contribution in [2.45, 2.75) is 180 Å². The van der Waals surface area contributed by atoms with Crippen LogP contribution in [0.25, 0.3) is 0 Å². The quantitative estimate of drug-likeness (QED) is 0.0149. The Morgan fingerprint density at radius 2 is 1.17 bits per heavy atom. The molecule has 0 aromatic carbocycles. The fourth-order valence-electron chi connectivity index (χ4n) is 5.78. The number of epoxide rings is 1. The maximum absolute atomic E-state index is 12.7. The van der Waals surface area contributed by atoms with Crippen molar-refractivity contribution < 1.29 is 66.3 Å². The second-order valence-electron chi connectivity index (χ2n) is 14.6. The van der Waals surface area contributed by atoms with Crippen LogP contribution in [0.3, 0.4) is 0 Å². The van der Waals surface area contributed by atoms with E-state index in [-0.39, 0.29) is 12.8 Å². The molecule has 0 aliphatic carbocycles. The Balaban J connectivity index is 2.38. The normalized spacial score (nSPS) is 18.0. The van der Waals surface area contributed by atoms with Crippen molar-refractivity contribution in [3.8, 4) is 0 Å². The molecule has 1 saturated heterocycles. The minimum Gasteiger partial charge on any atom is -0.462 e. The standard InChI is InChI=1S/C42H74O14P2/c1-3-5-7-8-9-10-11-12-13-14-15-16-20-23-27-31-41(44)51-35-38(36-54-58(49,50)53-34-37(43)33-52-57(46,47)48)55-42(45)32-28-24-21-18-17-19-22-26-30-40-39(56-40)29-25-6-4-2/h5,7,9-10,12-13,22,26,37-40,43H,3-4,6,8,11,14-21,23-25,27-36H2,1-2H3,(H,49,50)(H2,46,47,48)/b7-5-,10-9-,13-12-,26-22-/t37-,38+,39?,40?/m0/s1. The first-order valence-corrected chi connectivity index (χ1v) is 24.5. The van der Waals surface area contributed by atoms with Crippen molar-refractivity contribution >= 4 is 27.6 Å². The molecule has 1 fully saturated rings. The number of allylic oxidation sites excluding steroid dienone is 7. The molecular formula is C42H74O14P2. The smallest absolute Gasteiger partial charge is 0.462 e. The van der Waals surface area contributed by atoms with Crippen molar-refractivity contribution in [2.75, 3.05) is 26.4 Å². The number of aliphatic hydroxyl groups excluding tert-OH is 1. The molecule has 14 nitrogen and oxygen atoms in total. The summed E-state index contributed by atoms with van der Waals surface area (Å²) >= 11 is 0. The Morgan fingerprint density at radius 1 is 0.621 bits per heavy atom. The summed E-state index contributed by atoms with van der Waals surface area (Å²) in [4.78, 5) is 52.7. The van der Waals surface area contributed by atoms with Crippen molar-refractivity contribution in [3.63, 3.8) is 0 Å². The van der Waals surface area contributed by atoms with Crippen LogP contribution in [0.1, 0.15) is 155 Å². The topological polar surface area (TPSA) is 208 Å². The van der Waals surface area contributed by atoms with E-state index in [4.69, 9.17) is 28.5 Å². The van der Waals surface area contributed by atoms with Crippen molar-refractivity contribution in [1.82, 2.24) is 0 Å². The van der Waals surface area contributed by atoms with E-state index in [9.17, 15) is 28.7 Å². The average Bonchev–Trinajstić information content (AvgIpc) is 3.94. The number of ether oxygens (including phenoxy) is 3. The van der Waals surface area contributed by atoms with E-state index in [1.165, 1.54) is 19.3 Å². The molecule has 1 aliphatic rings. The van der Waals surface area contributed by atoms with Crippen LogP contribution in [0.2, 0.25) is 0 Å². The van der Waals surface area contributed by atoms with Crippen LogP contribution >= 0.6 is 15.6 Å². The highest BCUT2D eigenvalue weighted by molar-refractivity contribution is 7.47. The number of carbonyl (C=O) groups excluding carboxylic acids is 2. The fourth-order valence-corrected chi connectivity index (χ4v) is 6.94. The van der Waals surface area contributed by atoms with E-state index in [1.54, 1.807) is 0 Å². The Hall–Kier alpha value is -1.96. The SMILES string of the molecule is CC/C=C\C/C=C\C/C=C\CCCCCCCC(=O)OC[C@H](COP(=O)(O)OC[C@@H](O)COP(=O)(O)O)OC(=O)CCCCCCC/C=C\CC1OC1CCCCC. The Labute approximate surface area is 347 Å². The number of unbranched alkanes of at least 4 members (excludes halogenated alkanes) is 12. The lowest BCUT2D eigenvalue weighted by atomic mass is 10.1. The van der Waals surface area contributed by atoms with Gasteiger partial charge in [0.25, 0.3) is 0 Å². The highest BCUT2D eigenvalue weighted by atomic mass is 31.2. The second-order valence-corrected chi connectivity index (χ2v) is 17.3. The van der Waals surface area contributed by atoms with Gasteiger partial charge in [-0.05, 0) is 70.6 Å². The first-order valence-electron chi connectivity index (χ1n) is 21.5. The molecule has 1 aliphatic heterocycles. The van der Waals surface area contributed by atoms with Gasteiger partial charge in [-0.25, -0.2) is 9.13 Å². The minimum atomic E-state index is -4.87. The molecule has 3 unspecified atom stereocenters. The van der Waals surface area contributed by atoms with Crippen LogP contribution in [0.15, 0.2) is 48.6 Å². The van der Waals surface area contributed by atoms with E-state index >= 15 is 0 Å². The zero-order valence-corrected chi connectivity index (χ0v) is 36.9. The van der Waals surface area contributed by atoms with Crippen molar-refractivity contribution in [3.05, 3.63) is 48.6 Å².